The van der Waals surface area contributed by atoms with Gasteiger partial charge in [0.15, 0.2) is 0 Å². The van der Waals surface area contributed by atoms with Crippen molar-refractivity contribution in [2.45, 2.75) is 40.5 Å². The predicted molar refractivity (Wildman–Crippen MR) is 115 cm³/mol. The lowest BCUT2D eigenvalue weighted by molar-refractivity contribution is -0.159. The van der Waals surface area contributed by atoms with Crippen LogP contribution in [0.1, 0.15) is 51.7 Å². The van der Waals surface area contributed by atoms with Gasteiger partial charge in [-0.3, -0.25) is 9.59 Å². The fraction of sp³-hybridized carbons (Fsp3) is 0.360. The summed E-state index contributed by atoms with van der Waals surface area (Å²) >= 11 is 0. The number of carboxylic acids is 1. The molecule has 2 aromatic rings. The van der Waals surface area contributed by atoms with Crippen LogP contribution in [0.15, 0.2) is 66.7 Å². The number of benzene rings is 2. The molecule has 0 fully saturated rings. The summed E-state index contributed by atoms with van der Waals surface area (Å²) in [7, 11) is 0. The molecule has 2 aromatic carbocycles. The highest BCUT2D eigenvalue weighted by molar-refractivity contribution is 5.81. The minimum atomic E-state index is -0.961. The summed E-state index contributed by atoms with van der Waals surface area (Å²) in [5, 5.41) is 9.52. The fourth-order valence-corrected chi connectivity index (χ4v) is 3.43. The molecule has 0 amide bonds. The number of aliphatic carboxylic acids is 1. The maximum Gasteiger partial charge on any atom is 0.311 e. The smallest absolute Gasteiger partial charge is 0.311 e. The SMILES string of the molecule is CCC(C)(CC(C)(C)C(=O)OCC=C(c1ccccc1)c1ccccc1)C(=O)O. The van der Waals surface area contributed by atoms with Gasteiger partial charge in [-0.2, -0.15) is 0 Å². The van der Waals surface area contributed by atoms with Gasteiger partial charge in [-0.25, -0.2) is 0 Å². The number of esters is 1. The molecule has 29 heavy (non-hydrogen) atoms. The maximum atomic E-state index is 12.7. The zero-order valence-corrected chi connectivity index (χ0v) is 17.6. The van der Waals surface area contributed by atoms with Gasteiger partial charge >= 0.3 is 11.9 Å². The molecule has 0 aromatic heterocycles. The van der Waals surface area contributed by atoms with E-state index in [-0.39, 0.29) is 13.0 Å². The van der Waals surface area contributed by atoms with Crippen LogP contribution in [-0.2, 0) is 14.3 Å². The van der Waals surface area contributed by atoms with Crippen molar-refractivity contribution in [3.05, 3.63) is 77.9 Å². The van der Waals surface area contributed by atoms with Crippen molar-refractivity contribution in [2.24, 2.45) is 10.8 Å². The van der Waals surface area contributed by atoms with Crippen LogP contribution in [0, 0.1) is 10.8 Å². The van der Waals surface area contributed by atoms with Crippen LogP contribution in [0.5, 0.6) is 0 Å². The van der Waals surface area contributed by atoms with E-state index in [9.17, 15) is 14.7 Å². The summed E-state index contributed by atoms with van der Waals surface area (Å²) in [6, 6.07) is 19.9. The number of hydrogen-bond acceptors (Lipinski definition) is 3. The van der Waals surface area contributed by atoms with Crippen LogP contribution < -0.4 is 0 Å². The Morgan fingerprint density at radius 3 is 1.83 bits per heavy atom. The average Bonchev–Trinajstić information content (AvgIpc) is 2.71. The molecule has 0 bridgehead atoms. The number of rotatable bonds is 9. The standard InChI is InChI=1S/C25H30O4/c1-5-25(4,22(26)27)18-24(2,3)23(28)29-17-16-21(19-12-8-6-9-13-19)20-14-10-7-11-15-20/h6-16H,5,17-18H2,1-4H3,(H,26,27). The van der Waals surface area contributed by atoms with E-state index in [2.05, 4.69) is 0 Å². The van der Waals surface area contributed by atoms with Gasteiger partial charge in [0.25, 0.3) is 0 Å². The topological polar surface area (TPSA) is 63.6 Å². The molecule has 2 rings (SSSR count). The summed E-state index contributed by atoms with van der Waals surface area (Å²) in [4.78, 5) is 24.3. The van der Waals surface area contributed by atoms with Crippen molar-refractivity contribution in [2.75, 3.05) is 6.61 Å². The average molecular weight is 395 g/mol. The van der Waals surface area contributed by atoms with Gasteiger partial charge in [0.2, 0.25) is 0 Å². The third kappa shape index (κ3) is 5.80. The molecule has 4 nitrogen and oxygen atoms in total. The summed E-state index contributed by atoms with van der Waals surface area (Å²) in [6.45, 7) is 7.10. The summed E-state index contributed by atoms with van der Waals surface area (Å²) in [6.07, 6.45) is 2.57. The molecule has 0 saturated heterocycles. The number of ether oxygens (including phenoxy) is 1. The lowest BCUT2D eigenvalue weighted by atomic mass is 9.72. The Hall–Kier alpha value is -2.88. The molecule has 0 radical (unpaired) electrons. The van der Waals surface area contributed by atoms with Crippen LogP contribution in [0.3, 0.4) is 0 Å². The van der Waals surface area contributed by atoms with Crippen molar-refractivity contribution in [3.8, 4) is 0 Å². The van der Waals surface area contributed by atoms with E-state index in [4.69, 9.17) is 4.74 Å². The maximum absolute atomic E-state index is 12.7. The summed E-state index contributed by atoms with van der Waals surface area (Å²) in [5.41, 5.74) is 1.21. The predicted octanol–water partition coefficient (Wildman–Crippen LogP) is 5.58. The zero-order valence-electron chi connectivity index (χ0n) is 17.6. The van der Waals surface area contributed by atoms with Gasteiger partial charge < -0.3 is 9.84 Å². The van der Waals surface area contributed by atoms with Gasteiger partial charge in [-0.05, 0) is 56.4 Å². The van der Waals surface area contributed by atoms with Crippen molar-refractivity contribution < 1.29 is 19.4 Å². The minimum absolute atomic E-state index is 0.122. The molecule has 0 aliphatic rings. The van der Waals surface area contributed by atoms with Crippen molar-refractivity contribution in [1.82, 2.24) is 0 Å². The van der Waals surface area contributed by atoms with E-state index in [0.717, 1.165) is 16.7 Å². The second-order valence-corrected chi connectivity index (χ2v) is 8.23. The molecule has 0 aliphatic carbocycles. The van der Waals surface area contributed by atoms with Crippen LogP contribution in [0.2, 0.25) is 0 Å². The van der Waals surface area contributed by atoms with Crippen LogP contribution in [0.25, 0.3) is 5.57 Å². The Morgan fingerprint density at radius 1 is 0.931 bits per heavy atom. The highest BCUT2D eigenvalue weighted by atomic mass is 16.5. The lowest BCUT2D eigenvalue weighted by Crippen LogP contribution is -2.37. The van der Waals surface area contributed by atoms with Gasteiger partial charge in [0.05, 0.1) is 10.8 Å². The van der Waals surface area contributed by atoms with E-state index in [0.29, 0.717) is 6.42 Å². The Labute approximate surface area is 173 Å². The zero-order chi connectivity index (χ0) is 21.5. The van der Waals surface area contributed by atoms with Crippen molar-refractivity contribution in [1.29, 1.82) is 0 Å². The first-order valence-corrected chi connectivity index (χ1v) is 9.91. The first-order valence-electron chi connectivity index (χ1n) is 9.91. The molecular weight excluding hydrogens is 364 g/mol. The minimum Gasteiger partial charge on any atom is -0.481 e. The van der Waals surface area contributed by atoms with E-state index in [1.54, 1.807) is 20.8 Å². The number of carbonyl (C=O) groups excluding carboxylic acids is 1. The molecule has 0 aliphatic heterocycles. The van der Waals surface area contributed by atoms with Gasteiger partial charge in [-0.15, -0.1) is 0 Å². The molecule has 1 N–H and O–H groups in total. The van der Waals surface area contributed by atoms with E-state index in [1.807, 2.05) is 73.7 Å². The molecule has 4 heteroatoms. The summed E-state index contributed by atoms with van der Waals surface area (Å²) < 4.78 is 5.54. The monoisotopic (exact) mass is 394 g/mol. The molecular formula is C25H30O4. The third-order valence-corrected chi connectivity index (χ3v) is 5.35. The van der Waals surface area contributed by atoms with Crippen molar-refractivity contribution >= 4 is 17.5 Å². The molecule has 0 heterocycles. The molecule has 1 unspecified atom stereocenters. The van der Waals surface area contributed by atoms with E-state index in [1.165, 1.54) is 0 Å². The van der Waals surface area contributed by atoms with Gasteiger partial charge in [0, 0.05) is 0 Å². The Kier molecular flexibility index (Phi) is 7.38. The quantitative estimate of drug-likeness (QED) is 0.564. The van der Waals surface area contributed by atoms with Gasteiger partial charge in [0.1, 0.15) is 6.61 Å². The normalized spacial score (nSPS) is 13.2. The largest absolute Gasteiger partial charge is 0.481 e. The van der Waals surface area contributed by atoms with Crippen LogP contribution in [0.4, 0.5) is 0 Å². The number of hydrogen-bond donors (Lipinski definition) is 1. The van der Waals surface area contributed by atoms with Gasteiger partial charge in [-0.1, -0.05) is 67.6 Å². The highest BCUT2D eigenvalue weighted by Gasteiger charge is 2.41. The number of carbonyl (C=O) groups is 2. The Morgan fingerprint density at radius 2 is 1.41 bits per heavy atom. The fourth-order valence-electron chi connectivity index (χ4n) is 3.43. The molecule has 0 saturated carbocycles. The van der Waals surface area contributed by atoms with E-state index >= 15 is 0 Å². The highest BCUT2D eigenvalue weighted by Crippen LogP contribution is 2.37. The van der Waals surface area contributed by atoms with Crippen LogP contribution in [-0.4, -0.2) is 23.7 Å². The first kappa shape index (κ1) is 22.4. The summed E-state index contributed by atoms with van der Waals surface area (Å²) in [5.74, 6) is -1.29. The second kappa shape index (κ2) is 9.55. The Balaban J connectivity index is 2.16. The van der Waals surface area contributed by atoms with Crippen molar-refractivity contribution in [3.63, 3.8) is 0 Å². The lowest BCUT2D eigenvalue weighted by Gasteiger charge is -2.32. The number of carboxylic acid groups (broad SMARTS) is 1. The Bertz CT molecular complexity index is 811. The second-order valence-electron chi connectivity index (χ2n) is 8.23. The molecule has 154 valence electrons. The van der Waals surface area contributed by atoms with E-state index < -0.39 is 22.8 Å². The third-order valence-electron chi connectivity index (χ3n) is 5.35. The molecule has 0 spiro atoms. The van der Waals surface area contributed by atoms with Crippen LogP contribution >= 0.6 is 0 Å². The molecule has 1 atom stereocenters. The first-order chi connectivity index (χ1) is 13.7.